The second-order valence-electron chi connectivity index (χ2n) is 6.82. The fourth-order valence-corrected chi connectivity index (χ4v) is 5.46. The molecule has 0 N–H and O–H groups in total. The molecule has 0 amide bonds. The Bertz CT molecular complexity index is 1130. The number of benzene rings is 3. The third kappa shape index (κ3) is 3.93. The maximum atomic E-state index is 12.2. The van der Waals surface area contributed by atoms with E-state index in [1.54, 1.807) is 11.8 Å². The summed E-state index contributed by atoms with van der Waals surface area (Å²) < 4.78 is 25.9. The van der Waals surface area contributed by atoms with E-state index in [4.69, 9.17) is 0 Å². The van der Waals surface area contributed by atoms with Gasteiger partial charge in [0.1, 0.15) is 5.84 Å². The molecular weight excluding hydrogens is 388 g/mol. The van der Waals surface area contributed by atoms with E-state index in [-0.39, 0.29) is 0 Å². The lowest BCUT2D eigenvalue weighted by Crippen LogP contribution is -2.40. The first kappa shape index (κ1) is 19.0. The maximum absolute atomic E-state index is 12.2. The first-order chi connectivity index (χ1) is 13.5. The highest BCUT2D eigenvalue weighted by molar-refractivity contribution is 7.98. The lowest BCUT2D eigenvalue weighted by molar-refractivity contribution is 0.506. The summed E-state index contributed by atoms with van der Waals surface area (Å²) in [6.45, 7) is 1.14. The average Bonchev–Trinajstić information content (AvgIpc) is 2.72. The van der Waals surface area contributed by atoms with Crippen LogP contribution in [0.15, 0.2) is 76.6 Å². The Morgan fingerprint density at radius 1 is 1.00 bits per heavy atom. The zero-order chi connectivity index (χ0) is 19.6. The minimum absolute atomic E-state index is 0.486. The zero-order valence-electron chi connectivity index (χ0n) is 15.7. The lowest BCUT2D eigenvalue weighted by Gasteiger charge is -2.28. The van der Waals surface area contributed by atoms with E-state index in [9.17, 15) is 8.42 Å². The van der Waals surface area contributed by atoms with Gasteiger partial charge in [-0.15, -0.1) is 11.8 Å². The third-order valence-electron chi connectivity index (χ3n) is 4.81. The van der Waals surface area contributed by atoms with Crippen LogP contribution in [0.25, 0.3) is 10.8 Å². The predicted molar refractivity (Wildman–Crippen MR) is 118 cm³/mol. The van der Waals surface area contributed by atoms with Crippen molar-refractivity contribution in [3.63, 3.8) is 0 Å². The van der Waals surface area contributed by atoms with E-state index in [1.165, 1.54) is 26.9 Å². The van der Waals surface area contributed by atoms with Gasteiger partial charge in [-0.25, -0.2) is 8.42 Å². The molecule has 0 fully saturated rings. The van der Waals surface area contributed by atoms with Gasteiger partial charge in [0.2, 0.25) is 10.0 Å². The Kier molecular flexibility index (Phi) is 5.42. The molecule has 3 aromatic carbocycles. The van der Waals surface area contributed by atoms with Gasteiger partial charge in [-0.2, -0.15) is 0 Å². The van der Waals surface area contributed by atoms with Crippen LogP contribution in [0, 0.1) is 0 Å². The summed E-state index contributed by atoms with van der Waals surface area (Å²) in [5, 5.41) is 2.48. The molecule has 6 heteroatoms. The molecule has 0 atom stereocenters. The summed E-state index contributed by atoms with van der Waals surface area (Å²) in [7, 11) is -3.34. The molecular formula is C22H22N2O2S2. The Hall–Kier alpha value is -2.31. The van der Waals surface area contributed by atoms with Crippen LogP contribution in [0.5, 0.6) is 0 Å². The van der Waals surface area contributed by atoms with Gasteiger partial charge >= 0.3 is 0 Å². The predicted octanol–water partition coefficient (Wildman–Crippen LogP) is 4.54. The maximum Gasteiger partial charge on any atom is 0.233 e. The normalized spacial score (nSPS) is 14.9. The summed E-state index contributed by atoms with van der Waals surface area (Å²) >= 11 is 1.72. The van der Waals surface area contributed by atoms with Crippen molar-refractivity contribution < 1.29 is 8.42 Å². The summed E-state index contributed by atoms with van der Waals surface area (Å²) in [6.07, 6.45) is 2.00. The molecule has 0 bridgehead atoms. The molecule has 0 saturated heterocycles. The van der Waals surface area contributed by atoms with Gasteiger partial charge in [0.15, 0.2) is 0 Å². The van der Waals surface area contributed by atoms with Crippen molar-refractivity contribution in [2.24, 2.45) is 4.99 Å². The van der Waals surface area contributed by atoms with Crippen molar-refractivity contribution in [3.8, 4) is 0 Å². The Labute approximate surface area is 170 Å². The number of sulfonamides is 1. The average molecular weight is 411 g/mol. The molecule has 4 nitrogen and oxygen atoms in total. The number of nitrogens with zero attached hydrogens (tertiary/aromatic N) is 2. The van der Waals surface area contributed by atoms with Crippen LogP contribution in [0.3, 0.4) is 0 Å². The number of hydrogen-bond donors (Lipinski definition) is 0. The van der Waals surface area contributed by atoms with E-state index in [2.05, 4.69) is 47.5 Å². The minimum atomic E-state index is -3.34. The fourth-order valence-electron chi connectivity index (χ4n) is 3.48. The van der Waals surface area contributed by atoms with Crippen LogP contribution >= 0.6 is 11.8 Å². The molecule has 1 heterocycles. The van der Waals surface area contributed by atoms with Crippen LogP contribution in [0.2, 0.25) is 0 Å². The van der Waals surface area contributed by atoms with Gasteiger partial charge in [0, 0.05) is 29.3 Å². The van der Waals surface area contributed by atoms with Crippen LogP contribution in [-0.4, -0.2) is 37.9 Å². The highest BCUT2D eigenvalue weighted by Gasteiger charge is 2.26. The summed E-state index contributed by atoms with van der Waals surface area (Å²) in [5.74, 6) is 1.37. The van der Waals surface area contributed by atoms with Gasteiger partial charge in [-0.1, -0.05) is 60.7 Å². The Balaban J connectivity index is 1.66. The third-order valence-corrected chi connectivity index (χ3v) is 7.09. The molecule has 0 saturated carbocycles. The molecule has 0 aromatic heterocycles. The first-order valence-corrected chi connectivity index (χ1v) is 12.1. The van der Waals surface area contributed by atoms with Gasteiger partial charge in [-0.05, 0) is 28.8 Å². The van der Waals surface area contributed by atoms with Gasteiger partial charge in [0.05, 0.1) is 6.26 Å². The second-order valence-corrected chi connectivity index (χ2v) is 9.74. The number of thioether (sulfide) groups is 1. The van der Waals surface area contributed by atoms with Crippen molar-refractivity contribution in [2.45, 2.75) is 17.1 Å². The van der Waals surface area contributed by atoms with E-state index in [1.807, 2.05) is 24.3 Å². The smallest absolute Gasteiger partial charge is 0.233 e. The fraction of sp³-hybridized carbons (Fsp3) is 0.227. The van der Waals surface area contributed by atoms with Gasteiger partial charge in [0.25, 0.3) is 0 Å². The first-order valence-electron chi connectivity index (χ1n) is 9.25. The van der Waals surface area contributed by atoms with Crippen LogP contribution in [-0.2, 0) is 15.8 Å². The molecule has 0 spiro atoms. The molecule has 1 aliphatic rings. The van der Waals surface area contributed by atoms with Crippen molar-refractivity contribution in [1.82, 2.24) is 4.31 Å². The monoisotopic (exact) mass is 410 g/mol. The number of aliphatic imine (C=N–C) groups is 1. The molecule has 144 valence electrons. The lowest BCUT2D eigenvalue weighted by atomic mass is 10.1. The molecule has 28 heavy (non-hydrogen) atoms. The van der Waals surface area contributed by atoms with E-state index in [0.717, 1.165) is 22.6 Å². The number of amidine groups is 1. The highest BCUT2D eigenvalue weighted by Crippen LogP contribution is 2.31. The molecule has 3 aromatic rings. The largest absolute Gasteiger partial charge is 0.267 e. The van der Waals surface area contributed by atoms with Gasteiger partial charge < -0.3 is 0 Å². The molecule has 0 aliphatic carbocycles. The van der Waals surface area contributed by atoms with E-state index >= 15 is 0 Å². The van der Waals surface area contributed by atoms with Crippen molar-refractivity contribution >= 4 is 38.4 Å². The highest BCUT2D eigenvalue weighted by atomic mass is 32.2. The number of fused-ring (bicyclic) bond motifs is 1. The van der Waals surface area contributed by atoms with E-state index < -0.39 is 10.0 Å². The summed E-state index contributed by atoms with van der Waals surface area (Å²) in [4.78, 5) is 5.61. The zero-order valence-corrected chi connectivity index (χ0v) is 17.3. The van der Waals surface area contributed by atoms with Crippen molar-refractivity contribution in [3.05, 3.63) is 77.9 Å². The van der Waals surface area contributed by atoms with Crippen LogP contribution in [0.4, 0.5) is 0 Å². The second kappa shape index (κ2) is 7.97. The summed E-state index contributed by atoms with van der Waals surface area (Å²) in [5.41, 5.74) is 2.15. The molecule has 0 radical (unpaired) electrons. The molecule has 0 unspecified atom stereocenters. The molecule has 1 aliphatic heterocycles. The summed E-state index contributed by atoms with van der Waals surface area (Å²) in [6, 6.07) is 22.7. The number of rotatable bonds is 5. The topological polar surface area (TPSA) is 49.7 Å². The van der Waals surface area contributed by atoms with Crippen LogP contribution < -0.4 is 0 Å². The minimum Gasteiger partial charge on any atom is -0.267 e. The van der Waals surface area contributed by atoms with E-state index in [0.29, 0.717) is 18.9 Å². The SMILES string of the molecule is CS(=O)(=O)N1CCCN=C1c1ccccc1SCc1cccc2ccccc12. The number of hydrogen-bond acceptors (Lipinski definition) is 4. The Morgan fingerprint density at radius 3 is 2.61 bits per heavy atom. The van der Waals surface area contributed by atoms with Crippen LogP contribution in [0.1, 0.15) is 17.5 Å². The Morgan fingerprint density at radius 2 is 1.75 bits per heavy atom. The van der Waals surface area contributed by atoms with Gasteiger partial charge in [-0.3, -0.25) is 9.30 Å². The van der Waals surface area contributed by atoms with Crippen molar-refractivity contribution in [2.75, 3.05) is 19.3 Å². The molecule has 4 rings (SSSR count). The quantitative estimate of drug-likeness (QED) is 0.580. The standard InChI is InChI=1S/C22H22N2O2S2/c1-28(25,26)24-15-7-14-23-22(24)20-12-4-5-13-21(20)27-16-18-10-6-9-17-8-2-3-11-19(17)18/h2-6,8-13H,7,14-16H2,1H3. The van der Waals surface area contributed by atoms with Crippen molar-refractivity contribution in [1.29, 1.82) is 0 Å².